The maximum atomic E-state index is 12.0. The maximum absolute atomic E-state index is 12.0. The van der Waals surface area contributed by atoms with Crippen LogP contribution in [-0.2, 0) is 34.2 Å². The van der Waals surface area contributed by atoms with Crippen LogP contribution in [0, 0.1) is 0 Å². The van der Waals surface area contributed by atoms with Gasteiger partial charge in [-0.2, -0.15) is 0 Å². The van der Waals surface area contributed by atoms with Crippen LogP contribution in [0.3, 0.4) is 0 Å². The predicted octanol–water partition coefficient (Wildman–Crippen LogP) is 1.99. The second-order valence-corrected chi connectivity index (χ2v) is 7.73. The molecule has 0 atom stereocenters. The molecule has 0 aliphatic carbocycles. The number of aromatic nitrogens is 1. The van der Waals surface area contributed by atoms with E-state index in [-0.39, 0.29) is 5.75 Å². The van der Waals surface area contributed by atoms with Gasteiger partial charge < -0.3 is 4.74 Å². The Bertz CT molecular complexity index is 669. The molecule has 22 heavy (non-hydrogen) atoms. The molecule has 0 radical (unpaired) electrons. The molecule has 1 aromatic carbocycles. The van der Waals surface area contributed by atoms with E-state index >= 15 is 0 Å². The first-order chi connectivity index (χ1) is 10.6. The highest BCUT2D eigenvalue weighted by Crippen LogP contribution is 2.11. The predicted molar refractivity (Wildman–Crippen MR) is 88.5 cm³/mol. The van der Waals surface area contributed by atoms with Gasteiger partial charge in [-0.25, -0.2) is 18.1 Å². The number of nitrogens with one attached hydrogen (secondary N) is 1. The van der Waals surface area contributed by atoms with Crippen molar-refractivity contribution in [3.05, 3.63) is 52.0 Å². The van der Waals surface area contributed by atoms with Crippen LogP contribution in [0.2, 0.25) is 0 Å². The molecular weight excluding hydrogens is 320 g/mol. The highest BCUT2D eigenvalue weighted by atomic mass is 32.2. The van der Waals surface area contributed by atoms with Crippen LogP contribution in [-0.4, -0.2) is 32.8 Å². The van der Waals surface area contributed by atoms with E-state index in [1.807, 2.05) is 35.7 Å². The van der Waals surface area contributed by atoms with Crippen molar-refractivity contribution in [1.29, 1.82) is 0 Å². The van der Waals surface area contributed by atoms with Crippen LogP contribution in [0.5, 0.6) is 0 Å². The standard InChI is InChI=1S/C15H20N2O3S2/c1-20-11-15-17-14(12-21-15)7-9-16-22(18,19)10-8-13-5-3-2-4-6-13/h2-6,12,16H,7-11H2,1H3. The van der Waals surface area contributed by atoms with E-state index in [1.165, 1.54) is 11.3 Å². The summed E-state index contributed by atoms with van der Waals surface area (Å²) >= 11 is 1.53. The number of rotatable bonds is 9. The average Bonchev–Trinajstić information content (AvgIpc) is 2.94. The van der Waals surface area contributed by atoms with Crippen molar-refractivity contribution in [2.45, 2.75) is 19.4 Å². The smallest absolute Gasteiger partial charge is 0.211 e. The topological polar surface area (TPSA) is 68.3 Å². The van der Waals surface area contributed by atoms with Crippen LogP contribution >= 0.6 is 11.3 Å². The fourth-order valence-corrected chi connectivity index (χ4v) is 3.82. The third kappa shape index (κ3) is 5.84. The number of sulfonamides is 1. The minimum absolute atomic E-state index is 0.100. The molecule has 5 nitrogen and oxygen atoms in total. The van der Waals surface area contributed by atoms with Crippen molar-refractivity contribution in [3.8, 4) is 0 Å². The number of hydrogen-bond donors (Lipinski definition) is 1. The summed E-state index contributed by atoms with van der Waals surface area (Å²) in [7, 11) is -1.63. The fourth-order valence-electron chi connectivity index (χ4n) is 1.96. The zero-order valence-corrected chi connectivity index (χ0v) is 14.1. The quantitative estimate of drug-likeness (QED) is 0.758. The lowest BCUT2D eigenvalue weighted by molar-refractivity contribution is 0.184. The third-order valence-corrected chi connectivity index (χ3v) is 5.33. The van der Waals surface area contributed by atoms with Crippen LogP contribution in [0.15, 0.2) is 35.7 Å². The van der Waals surface area contributed by atoms with E-state index in [0.717, 1.165) is 16.3 Å². The molecule has 120 valence electrons. The molecule has 0 aliphatic rings. The van der Waals surface area contributed by atoms with Crippen molar-refractivity contribution in [3.63, 3.8) is 0 Å². The molecule has 0 saturated carbocycles. The van der Waals surface area contributed by atoms with Crippen LogP contribution < -0.4 is 4.72 Å². The van der Waals surface area contributed by atoms with Gasteiger partial charge in [-0.15, -0.1) is 11.3 Å². The highest BCUT2D eigenvalue weighted by molar-refractivity contribution is 7.89. The Kier molecular flexibility index (Phi) is 6.50. The van der Waals surface area contributed by atoms with Gasteiger partial charge in [-0.3, -0.25) is 0 Å². The summed E-state index contributed by atoms with van der Waals surface area (Å²) in [4.78, 5) is 4.37. The normalized spacial score (nSPS) is 11.7. The lowest BCUT2D eigenvalue weighted by Gasteiger charge is -2.06. The van der Waals surface area contributed by atoms with E-state index in [1.54, 1.807) is 7.11 Å². The molecule has 0 aliphatic heterocycles. The number of nitrogens with zero attached hydrogens (tertiary/aromatic N) is 1. The second kappa shape index (κ2) is 8.38. The largest absolute Gasteiger partial charge is 0.378 e. The monoisotopic (exact) mass is 340 g/mol. The molecule has 1 aromatic heterocycles. The van der Waals surface area contributed by atoms with Gasteiger partial charge in [-0.1, -0.05) is 30.3 Å². The number of thiazole rings is 1. The van der Waals surface area contributed by atoms with Crippen molar-refractivity contribution >= 4 is 21.4 Å². The van der Waals surface area contributed by atoms with Crippen molar-refractivity contribution < 1.29 is 13.2 Å². The molecule has 2 rings (SSSR count). The average molecular weight is 340 g/mol. The van der Waals surface area contributed by atoms with Gasteiger partial charge in [0.25, 0.3) is 0 Å². The molecular formula is C15H20N2O3S2. The molecule has 0 amide bonds. The number of ether oxygens (including phenoxy) is 1. The fraction of sp³-hybridized carbons (Fsp3) is 0.400. The van der Waals surface area contributed by atoms with E-state index < -0.39 is 10.0 Å². The second-order valence-electron chi connectivity index (χ2n) is 4.86. The van der Waals surface area contributed by atoms with Gasteiger partial charge in [0.2, 0.25) is 10.0 Å². The number of hydrogen-bond acceptors (Lipinski definition) is 5. The van der Waals surface area contributed by atoms with Crippen LogP contribution in [0.1, 0.15) is 16.3 Å². The summed E-state index contributed by atoms with van der Waals surface area (Å²) in [5.41, 5.74) is 1.92. The lowest BCUT2D eigenvalue weighted by Crippen LogP contribution is -2.29. The van der Waals surface area contributed by atoms with Gasteiger partial charge in [0.1, 0.15) is 5.01 Å². The van der Waals surface area contributed by atoms with E-state index in [9.17, 15) is 8.42 Å². The van der Waals surface area contributed by atoms with Crippen molar-refractivity contribution in [2.24, 2.45) is 0 Å². The summed E-state index contributed by atoms with van der Waals surface area (Å²) in [6.45, 7) is 0.862. The zero-order chi connectivity index (χ0) is 15.8. The van der Waals surface area contributed by atoms with Gasteiger partial charge in [0, 0.05) is 25.5 Å². The third-order valence-electron chi connectivity index (χ3n) is 3.07. The molecule has 1 heterocycles. The Morgan fingerprint density at radius 1 is 1.23 bits per heavy atom. The van der Waals surface area contributed by atoms with Crippen LogP contribution in [0.25, 0.3) is 0 Å². The Balaban J connectivity index is 1.74. The van der Waals surface area contributed by atoms with E-state index in [2.05, 4.69) is 9.71 Å². The zero-order valence-electron chi connectivity index (χ0n) is 12.5. The van der Waals surface area contributed by atoms with Gasteiger partial charge >= 0.3 is 0 Å². The summed E-state index contributed by atoms with van der Waals surface area (Å²) < 4.78 is 31.5. The minimum atomic E-state index is -3.25. The number of methoxy groups -OCH3 is 1. The number of benzene rings is 1. The Morgan fingerprint density at radius 3 is 2.73 bits per heavy atom. The molecule has 0 bridgehead atoms. The van der Waals surface area contributed by atoms with Crippen molar-refractivity contribution in [1.82, 2.24) is 9.71 Å². The first-order valence-corrected chi connectivity index (χ1v) is 9.56. The summed E-state index contributed by atoms with van der Waals surface area (Å²) in [6, 6.07) is 9.61. The van der Waals surface area contributed by atoms with Gasteiger partial charge in [0.05, 0.1) is 18.1 Å². The first kappa shape index (κ1) is 17.1. The lowest BCUT2D eigenvalue weighted by atomic mass is 10.2. The van der Waals surface area contributed by atoms with E-state index in [4.69, 9.17) is 4.74 Å². The maximum Gasteiger partial charge on any atom is 0.211 e. The minimum Gasteiger partial charge on any atom is -0.378 e. The van der Waals surface area contributed by atoms with Crippen LogP contribution in [0.4, 0.5) is 0 Å². The Morgan fingerprint density at radius 2 is 2.00 bits per heavy atom. The Labute approximate surface area is 135 Å². The molecule has 2 aromatic rings. The molecule has 7 heteroatoms. The SMILES string of the molecule is COCc1nc(CCNS(=O)(=O)CCc2ccccc2)cs1. The van der Waals surface area contributed by atoms with E-state index in [0.29, 0.717) is 26.0 Å². The molecule has 1 N–H and O–H groups in total. The summed E-state index contributed by atoms with van der Waals surface area (Å²) in [5.74, 6) is 0.100. The first-order valence-electron chi connectivity index (χ1n) is 7.02. The van der Waals surface area contributed by atoms with Gasteiger partial charge in [0.15, 0.2) is 0 Å². The summed E-state index contributed by atoms with van der Waals surface area (Å²) in [5, 5.41) is 2.84. The molecule has 0 fully saturated rings. The summed E-state index contributed by atoms with van der Waals surface area (Å²) in [6.07, 6.45) is 1.11. The number of aryl methyl sites for hydroxylation is 1. The molecule has 0 unspecified atom stereocenters. The van der Waals surface area contributed by atoms with Gasteiger partial charge in [-0.05, 0) is 12.0 Å². The molecule has 0 spiro atoms. The molecule has 0 saturated heterocycles. The Hall–Kier alpha value is -1.28. The highest BCUT2D eigenvalue weighted by Gasteiger charge is 2.10. The van der Waals surface area contributed by atoms with Crippen molar-refractivity contribution in [2.75, 3.05) is 19.4 Å².